The van der Waals surface area contributed by atoms with Crippen LogP contribution in [0.5, 0.6) is 0 Å². The van der Waals surface area contributed by atoms with Crippen LogP contribution >= 0.6 is 0 Å². The standard InChI is InChI=1S/C21H24N2O3/c1-4-26-21(25)19-13-15-8-5-6-9-17(15)14-23(19)20(24)16-10-7-11-18(12-16)22(2)3/h5-12,19H,4,13-14H2,1-3H3/t19-/m1/s1. The molecule has 0 spiro atoms. The van der Waals surface area contributed by atoms with Gasteiger partial charge >= 0.3 is 5.97 Å². The van der Waals surface area contributed by atoms with Gasteiger partial charge in [-0.15, -0.1) is 0 Å². The first-order chi connectivity index (χ1) is 12.5. The lowest BCUT2D eigenvalue weighted by molar-refractivity contribution is -0.149. The second-order valence-electron chi connectivity index (χ2n) is 6.62. The maximum absolute atomic E-state index is 13.2. The Balaban J connectivity index is 1.95. The van der Waals surface area contributed by atoms with Crippen molar-refractivity contribution in [3.63, 3.8) is 0 Å². The van der Waals surface area contributed by atoms with Crippen molar-refractivity contribution < 1.29 is 14.3 Å². The molecule has 0 saturated heterocycles. The largest absolute Gasteiger partial charge is 0.464 e. The molecular weight excluding hydrogens is 328 g/mol. The molecule has 26 heavy (non-hydrogen) atoms. The number of benzene rings is 2. The first-order valence-electron chi connectivity index (χ1n) is 8.83. The monoisotopic (exact) mass is 352 g/mol. The van der Waals surface area contributed by atoms with E-state index in [1.165, 1.54) is 0 Å². The number of carbonyl (C=O) groups excluding carboxylic acids is 2. The van der Waals surface area contributed by atoms with Crippen LogP contribution in [-0.4, -0.2) is 43.5 Å². The van der Waals surface area contributed by atoms with Gasteiger partial charge in [-0.05, 0) is 36.2 Å². The molecule has 136 valence electrons. The Bertz CT molecular complexity index is 816. The highest BCUT2D eigenvalue weighted by atomic mass is 16.5. The van der Waals surface area contributed by atoms with Crippen molar-refractivity contribution in [1.82, 2.24) is 4.90 Å². The van der Waals surface area contributed by atoms with Gasteiger partial charge in [0.1, 0.15) is 6.04 Å². The van der Waals surface area contributed by atoms with Crippen LogP contribution in [0.1, 0.15) is 28.4 Å². The number of anilines is 1. The summed E-state index contributed by atoms with van der Waals surface area (Å²) in [5.41, 5.74) is 3.69. The number of fused-ring (bicyclic) bond motifs is 1. The van der Waals surface area contributed by atoms with Crippen LogP contribution in [0.25, 0.3) is 0 Å². The fourth-order valence-corrected chi connectivity index (χ4v) is 3.27. The highest BCUT2D eigenvalue weighted by Crippen LogP contribution is 2.26. The van der Waals surface area contributed by atoms with E-state index in [1.54, 1.807) is 17.9 Å². The molecule has 1 aliphatic heterocycles. The maximum Gasteiger partial charge on any atom is 0.329 e. The molecule has 0 radical (unpaired) electrons. The molecule has 0 unspecified atom stereocenters. The molecule has 1 aliphatic rings. The smallest absolute Gasteiger partial charge is 0.329 e. The van der Waals surface area contributed by atoms with Crippen molar-refractivity contribution in [2.75, 3.05) is 25.6 Å². The van der Waals surface area contributed by atoms with Crippen LogP contribution in [0, 0.1) is 0 Å². The molecule has 5 heteroatoms. The summed E-state index contributed by atoms with van der Waals surface area (Å²) in [6.07, 6.45) is 0.480. The third kappa shape index (κ3) is 3.57. The minimum Gasteiger partial charge on any atom is -0.464 e. The summed E-state index contributed by atoms with van der Waals surface area (Å²) in [7, 11) is 3.87. The number of hydrogen-bond donors (Lipinski definition) is 0. The number of esters is 1. The molecule has 0 saturated carbocycles. The zero-order valence-electron chi connectivity index (χ0n) is 15.4. The van der Waals surface area contributed by atoms with Crippen LogP contribution in [0.3, 0.4) is 0 Å². The first kappa shape index (κ1) is 18.0. The van der Waals surface area contributed by atoms with Crippen molar-refractivity contribution in [3.8, 4) is 0 Å². The predicted molar refractivity (Wildman–Crippen MR) is 101 cm³/mol. The number of hydrogen-bond acceptors (Lipinski definition) is 4. The summed E-state index contributed by atoms with van der Waals surface area (Å²) in [6.45, 7) is 2.49. The van der Waals surface area contributed by atoms with E-state index in [9.17, 15) is 9.59 Å². The summed E-state index contributed by atoms with van der Waals surface area (Å²) in [6, 6.07) is 14.8. The molecule has 3 rings (SSSR count). The number of carbonyl (C=O) groups is 2. The third-order valence-corrected chi connectivity index (χ3v) is 4.68. The van der Waals surface area contributed by atoms with Gasteiger partial charge in [0.2, 0.25) is 0 Å². The van der Waals surface area contributed by atoms with Gasteiger partial charge in [0.15, 0.2) is 0 Å². The van der Waals surface area contributed by atoms with E-state index in [2.05, 4.69) is 0 Å². The highest BCUT2D eigenvalue weighted by Gasteiger charge is 2.36. The lowest BCUT2D eigenvalue weighted by Gasteiger charge is -2.35. The van der Waals surface area contributed by atoms with Gasteiger partial charge in [0, 0.05) is 38.3 Å². The molecule has 0 bridgehead atoms. The third-order valence-electron chi connectivity index (χ3n) is 4.68. The SMILES string of the molecule is CCOC(=O)[C@H]1Cc2ccccc2CN1C(=O)c1cccc(N(C)C)c1. The fourth-order valence-electron chi connectivity index (χ4n) is 3.27. The molecule has 1 heterocycles. The fraction of sp³-hybridized carbons (Fsp3) is 0.333. The van der Waals surface area contributed by atoms with Crippen LogP contribution in [0.4, 0.5) is 5.69 Å². The molecule has 5 nitrogen and oxygen atoms in total. The van der Waals surface area contributed by atoms with Crippen molar-refractivity contribution in [2.45, 2.75) is 25.9 Å². The summed E-state index contributed by atoms with van der Waals surface area (Å²) in [4.78, 5) is 29.3. The molecule has 0 fully saturated rings. The second kappa shape index (κ2) is 7.60. The minimum absolute atomic E-state index is 0.152. The highest BCUT2D eigenvalue weighted by molar-refractivity contribution is 5.98. The van der Waals surface area contributed by atoms with Crippen LogP contribution < -0.4 is 4.90 Å². The number of nitrogens with zero attached hydrogens (tertiary/aromatic N) is 2. The normalized spacial score (nSPS) is 16.0. The van der Waals surface area contributed by atoms with Gasteiger partial charge in [0.05, 0.1) is 6.61 Å². The number of amides is 1. The van der Waals surface area contributed by atoms with Crippen LogP contribution in [0.15, 0.2) is 48.5 Å². The molecule has 2 aromatic rings. The minimum atomic E-state index is -0.597. The predicted octanol–water partition coefficient (Wildman–Crippen LogP) is 2.88. The Hall–Kier alpha value is -2.82. The van der Waals surface area contributed by atoms with E-state index >= 15 is 0 Å². The zero-order valence-corrected chi connectivity index (χ0v) is 15.4. The number of rotatable bonds is 4. The van der Waals surface area contributed by atoms with Crippen LogP contribution in [0.2, 0.25) is 0 Å². The Morgan fingerprint density at radius 2 is 1.85 bits per heavy atom. The Morgan fingerprint density at radius 3 is 2.54 bits per heavy atom. The molecule has 0 aromatic heterocycles. The number of ether oxygens (including phenoxy) is 1. The molecule has 2 aromatic carbocycles. The molecular formula is C21H24N2O3. The Kier molecular flexibility index (Phi) is 5.26. The Labute approximate surface area is 154 Å². The second-order valence-corrected chi connectivity index (χ2v) is 6.62. The van der Waals surface area contributed by atoms with Gasteiger partial charge in [-0.2, -0.15) is 0 Å². The van der Waals surface area contributed by atoms with E-state index < -0.39 is 6.04 Å². The van der Waals surface area contributed by atoms with E-state index in [0.29, 0.717) is 25.1 Å². The van der Waals surface area contributed by atoms with Gasteiger partial charge in [-0.25, -0.2) is 4.79 Å². The van der Waals surface area contributed by atoms with E-state index in [1.807, 2.05) is 61.5 Å². The van der Waals surface area contributed by atoms with Gasteiger partial charge in [0.25, 0.3) is 5.91 Å². The zero-order chi connectivity index (χ0) is 18.7. The average Bonchev–Trinajstić information content (AvgIpc) is 2.66. The van der Waals surface area contributed by atoms with Gasteiger partial charge in [-0.1, -0.05) is 30.3 Å². The summed E-state index contributed by atoms with van der Waals surface area (Å²) < 4.78 is 5.23. The first-order valence-corrected chi connectivity index (χ1v) is 8.83. The lowest BCUT2D eigenvalue weighted by Crippen LogP contribution is -2.49. The van der Waals surface area contributed by atoms with Gasteiger partial charge in [-0.3, -0.25) is 4.79 Å². The molecule has 1 atom stereocenters. The van der Waals surface area contributed by atoms with Crippen molar-refractivity contribution >= 4 is 17.6 Å². The maximum atomic E-state index is 13.2. The summed E-state index contributed by atoms with van der Waals surface area (Å²) in [5.74, 6) is -0.500. The van der Waals surface area contributed by atoms with Crippen molar-refractivity contribution in [1.29, 1.82) is 0 Å². The van der Waals surface area contributed by atoms with Crippen molar-refractivity contribution in [2.24, 2.45) is 0 Å². The summed E-state index contributed by atoms with van der Waals surface area (Å²) in [5, 5.41) is 0. The average molecular weight is 352 g/mol. The van der Waals surface area contributed by atoms with E-state index in [0.717, 1.165) is 16.8 Å². The molecule has 1 amide bonds. The van der Waals surface area contributed by atoms with Gasteiger partial charge < -0.3 is 14.5 Å². The molecule has 0 aliphatic carbocycles. The lowest BCUT2D eigenvalue weighted by atomic mass is 9.93. The van der Waals surface area contributed by atoms with Crippen molar-refractivity contribution in [3.05, 3.63) is 65.2 Å². The van der Waals surface area contributed by atoms with E-state index in [-0.39, 0.29) is 11.9 Å². The van der Waals surface area contributed by atoms with E-state index in [4.69, 9.17) is 4.74 Å². The topological polar surface area (TPSA) is 49.9 Å². The summed E-state index contributed by atoms with van der Waals surface area (Å²) >= 11 is 0. The Morgan fingerprint density at radius 1 is 1.12 bits per heavy atom. The molecule has 0 N–H and O–H groups in total. The quantitative estimate of drug-likeness (QED) is 0.794. The van der Waals surface area contributed by atoms with Crippen LogP contribution in [-0.2, 0) is 22.5 Å².